The molecule has 3 rings (SSSR count). The molecular formula is C14H10ClNOS. The minimum absolute atomic E-state index is 0.0520. The van der Waals surface area contributed by atoms with Gasteiger partial charge in [-0.3, -0.25) is 9.36 Å². The quantitative estimate of drug-likeness (QED) is 0.698. The number of benzene rings is 2. The Bertz CT molecular complexity index is 760. The van der Waals surface area contributed by atoms with Crippen LogP contribution in [0.1, 0.15) is 5.56 Å². The molecule has 0 radical (unpaired) electrons. The fourth-order valence-electron chi connectivity index (χ4n) is 1.96. The molecule has 0 aliphatic rings. The van der Waals surface area contributed by atoms with Crippen LogP contribution in [0.3, 0.4) is 0 Å². The van der Waals surface area contributed by atoms with Crippen molar-refractivity contribution in [2.45, 2.75) is 6.54 Å². The number of nitrogens with zero attached hydrogens (tertiary/aromatic N) is 1. The van der Waals surface area contributed by atoms with E-state index in [1.807, 2.05) is 48.5 Å². The third-order valence-corrected chi connectivity index (χ3v) is 4.19. The zero-order valence-corrected chi connectivity index (χ0v) is 11.0. The Hall–Kier alpha value is -1.58. The number of rotatable bonds is 2. The van der Waals surface area contributed by atoms with Crippen LogP contribution in [0.4, 0.5) is 0 Å². The molecule has 18 heavy (non-hydrogen) atoms. The van der Waals surface area contributed by atoms with Gasteiger partial charge in [0, 0.05) is 5.02 Å². The van der Waals surface area contributed by atoms with Crippen LogP contribution >= 0.6 is 22.9 Å². The Morgan fingerprint density at radius 1 is 1.06 bits per heavy atom. The summed E-state index contributed by atoms with van der Waals surface area (Å²) in [5.74, 6) is 0. The van der Waals surface area contributed by atoms with E-state index in [4.69, 9.17) is 11.6 Å². The van der Waals surface area contributed by atoms with Crippen molar-refractivity contribution in [3.8, 4) is 0 Å². The molecule has 0 atom stereocenters. The lowest BCUT2D eigenvalue weighted by Crippen LogP contribution is -2.13. The molecule has 0 bridgehead atoms. The van der Waals surface area contributed by atoms with Crippen molar-refractivity contribution < 1.29 is 0 Å². The van der Waals surface area contributed by atoms with Gasteiger partial charge in [-0.15, -0.1) is 0 Å². The number of para-hydroxylation sites is 1. The van der Waals surface area contributed by atoms with Crippen molar-refractivity contribution >= 4 is 33.2 Å². The van der Waals surface area contributed by atoms with E-state index >= 15 is 0 Å². The minimum Gasteiger partial charge on any atom is -0.294 e. The first-order valence-electron chi connectivity index (χ1n) is 5.57. The lowest BCUT2D eigenvalue weighted by molar-refractivity contribution is 0.816. The monoisotopic (exact) mass is 275 g/mol. The molecule has 0 aliphatic heterocycles. The molecule has 0 spiro atoms. The molecule has 0 saturated heterocycles. The maximum Gasteiger partial charge on any atom is 0.308 e. The Morgan fingerprint density at radius 2 is 1.78 bits per heavy atom. The molecule has 90 valence electrons. The summed E-state index contributed by atoms with van der Waals surface area (Å²) in [5.41, 5.74) is 1.93. The molecule has 0 unspecified atom stereocenters. The van der Waals surface area contributed by atoms with E-state index in [0.717, 1.165) is 15.8 Å². The fourth-order valence-corrected chi connectivity index (χ4v) is 3.05. The van der Waals surface area contributed by atoms with Gasteiger partial charge >= 0.3 is 4.87 Å². The molecule has 0 N–H and O–H groups in total. The van der Waals surface area contributed by atoms with E-state index in [9.17, 15) is 4.79 Å². The standard InChI is InChI=1S/C14H10ClNOS/c15-11-6-2-1-5-10(11)9-16-12-7-3-4-8-13(12)18-14(16)17/h1-8H,9H2. The summed E-state index contributed by atoms with van der Waals surface area (Å²) in [6, 6.07) is 15.4. The van der Waals surface area contributed by atoms with Gasteiger partial charge in [0.15, 0.2) is 0 Å². The molecule has 2 aromatic carbocycles. The third kappa shape index (κ3) is 1.96. The first-order chi connectivity index (χ1) is 8.75. The zero-order chi connectivity index (χ0) is 12.5. The second-order valence-corrected chi connectivity index (χ2v) is 5.41. The molecule has 1 aromatic heterocycles. The zero-order valence-electron chi connectivity index (χ0n) is 9.47. The maximum atomic E-state index is 12.0. The number of fused-ring (bicyclic) bond motifs is 1. The molecule has 0 saturated carbocycles. The Balaban J connectivity index is 2.13. The van der Waals surface area contributed by atoms with E-state index in [0.29, 0.717) is 11.6 Å². The average Bonchev–Trinajstić information content (AvgIpc) is 2.69. The molecule has 2 nitrogen and oxygen atoms in total. The van der Waals surface area contributed by atoms with Crippen LogP contribution in [0, 0.1) is 0 Å². The summed E-state index contributed by atoms with van der Waals surface area (Å²) in [6.07, 6.45) is 0. The highest BCUT2D eigenvalue weighted by atomic mass is 35.5. The van der Waals surface area contributed by atoms with E-state index in [1.54, 1.807) is 4.57 Å². The predicted molar refractivity (Wildman–Crippen MR) is 76.6 cm³/mol. The van der Waals surface area contributed by atoms with Crippen LogP contribution in [0.5, 0.6) is 0 Å². The van der Waals surface area contributed by atoms with E-state index < -0.39 is 0 Å². The molecule has 0 fully saturated rings. The van der Waals surface area contributed by atoms with Gasteiger partial charge < -0.3 is 0 Å². The summed E-state index contributed by atoms with van der Waals surface area (Å²) in [4.78, 5) is 12.0. The van der Waals surface area contributed by atoms with Crippen LogP contribution in [-0.2, 0) is 6.54 Å². The molecule has 0 amide bonds. The van der Waals surface area contributed by atoms with Gasteiger partial charge in [-0.25, -0.2) is 0 Å². The average molecular weight is 276 g/mol. The Kier molecular flexibility index (Phi) is 2.94. The van der Waals surface area contributed by atoms with E-state index in [-0.39, 0.29) is 4.87 Å². The van der Waals surface area contributed by atoms with Gasteiger partial charge in [0.25, 0.3) is 0 Å². The summed E-state index contributed by atoms with van der Waals surface area (Å²) >= 11 is 7.40. The second-order valence-electron chi connectivity index (χ2n) is 4.01. The molecule has 3 aromatic rings. The predicted octanol–water partition coefficient (Wildman–Crippen LogP) is 3.76. The normalized spacial score (nSPS) is 10.9. The minimum atomic E-state index is 0.0520. The number of aromatic nitrogens is 1. The Morgan fingerprint density at radius 3 is 2.61 bits per heavy atom. The first-order valence-corrected chi connectivity index (χ1v) is 6.77. The van der Waals surface area contributed by atoms with E-state index in [2.05, 4.69) is 0 Å². The fraction of sp³-hybridized carbons (Fsp3) is 0.0714. The maximum absolute atomic E-state index is 12.0. The Labute approximate surface area is 113 Å². The van der Waals surface area contributed by atoms with Crippen LogP contribution in [0.2, 0.25) is 5.02 Å². The highest BCUT2D eigenvalue weighted by Crippen LogP contribution is 2.20. The summed E-state index contributed by atoms with van der Waals surface area (Å²) in [6.45, 7) is 0.516. The van der Waals surface area contributed by atoms with Gasteiger partial charge in [0.2, 0.25) is 0 Å². The topological polar surface area (TPSA) is 22.0 Å². The van der Waals surface area contributed by atoms with Crippen LogP contribution in [-0.4, -0.2) is 4.57 Å². The van der Waals surface area contributed by atoms with Gasteiger partial charge in [-0.1, -0.05) is 53.3 Å². The van der Waals surface area contributed by atoms with Crippen molar-refractivity contribution in [1.29, 1.82) is 0 Å². The van der Waals surface area contributed by atoms with Gasteiger partial charge in [0.05, 0.1) is 16.8 Å². The van der Waals surface area contributed by atoms with Gasteiger partial charge in [-0.05, 0) is 23.8 Å². The van der Waals surface area contributed by atoms with E-state index in [1.165, 1.54) is 11.3 Å². The SMILES string of the molecule is O=c1sc2ccccc2n1Cc1ccccc1Cl. The van der Waals surface area contributed by atoms with Crippen molar-refractivity contribution in [2.24, 2.45) is 0 Å². The molecule has 4 heteroatoms. The van der Waals surface area contributed by atoms with Crippen molar-refractivity contribution in [1.82, 2.24) is 4.57 Å². The first kappa shape index (κ1) is 11.5. The summed E-state index contributed by atoms with van der Waals surface area (Å²) < 4.78 is 2.77. The van der Waals surface area contributed by atoms with Gasteiger partial charge in [0.1, 0.15) is 0 Å². The third-order valence-electron chi connectivity index (χ3n) is 2.86. The van der Waals surface area contributed by atoms with Crippen LogP contribution in [0.25, 0.3) is 10.2 Å². The molecule has 0 aliphatic carbocycles. The summed E-state index contributed by atoms with van der Waals surface area (Å²) in [7, 11) is 0. The molecule has 1 heterocycles. The largest absolute Gasteiger partial charge is 0.308 e. The number of thiazole rings is 1. The second kappa shape index (κ2) is 4.59. The van der Waals surface area contributed by atoms with Crippen molar-refractivity contribution in [2.75, 3.05) is 0 Å². The number of hydrogen-bond donors (Lipinski definition) is 0. The number of hydrogen-bond acceptors (Lipinski definition) is 2. The number of halogens is 1. The lowest BCUT2D eigenvalue weighted by Gasteiger charge is -2.05. The lowest BCUT2D eigenvalue weighted by atomic mass is 10.2. The highest BCUT2D eigenvalue weighted by molar-refractivity contribution is 7.16. The summed E-state index contributed by atoms with van der Waals surface area (Å²) in [5, 5.41) is 0.694. The van der Waals surface area contributed by atoms with Crippen molar-refractivity contribution in [3.63, 3.8) is 0 Å². The molecular weight excluding hydrogens is 266 g/mol. The van der Waals surface area contributed by atoms with Crippen molar-refractivity contribution in [3.05, 3.63) is 68.8 Å². The van der Waals surface area contributed by atoms with Crippen LogP contribution in [0.15, 0.2) is 53.3 Å². The van der Waals surface area contributed by atoms with Crippen LogP contribution < -0.4 is 4.87 Å². The van der Waals surface area contributed by atoms with Gasteiger partial charge in [-0.2, -0.15) is 0 Å². The smallest absolute Gasteiger partial charge is 0.294 e. The highest BCUT2D eigenvalue weighted by Gasteiger charge is 2.08.